The predicted octanol–water partition coefficient (Wildman–Crippen LogP) is 4.72. The number of aromatic amines is 1. The third kappa shape index (κ3) is 3.14. The topological polar surface area (TPSA) is 41.8 Å². The molecule has 0 aliphatic rings. The van der Waals surface area contributed by atoms with E-state index in [1.807, 2.05) is 0 Å². The third-order valence-corrected chi connectivity index (χ3v) is 4.48. The highest BCUT2D eigenvalue weighted by Crippen LogP contribution is 2.32. The lowest BCUT2D eigenvalue weighted by Gasteiger charge is -2.06. The molecule has 0 aliphatic heterocycles. The summed E-state index contributed by atoms with van der Waals surface area (Å²) in [6.07, 6.45) is 3.28. The van der Waals surface area contributed by atoms with Crippen molar-refractivity contribution in [1.82, 2.24) is 4.98 Å². The van der Waals surface area contributed by atoms with E-state index in [1.165, 1.54) is 31.3 Å². The van der Waals surface area contributed by atoms with Crippen LogP contribution < -0.4 is 5.73 Å². The molecular formula is C18H19IN2. The number of rotatable bonds is 5. The molecule has 3 N–H and O–H groups in total. The summed E-state index contributed by atoms with van der Waals surface area (Å²) < 4.78 is 1.26. The number of benzene rings is 2. The normalized spacial score (nSPS) is 11.1. The number of hydrogen-bond donors (Lipinski definition) is 2. The number of aromatic nitrogens is 1. The van der Waals surface area contributed by atoms with Crippen LogP contribution >= 0.6 is 22.6 Å². The van der Waals surface area contributed by atoms with Crippen molar-refractivity contribution in [2.45, 2.75) is 19.3 Å². The standard InChI is InChI=1S/C18H19IN2/c19-14-7-5-6-13(12-14)18-16(9-3-4-11-20)15-8-1-2-10-17(15)21-18/h1-2,5-8,10,12,21H,3-4,9,11,20H2. The van der Waals surface area contributed by atoms with Crippen LogP contribution in [-0.4, -0.2) is 11.5 Å². The van der Waals surface area contributed by atoms with Gasteiger partial charge in [0, 0.05) is 20.2 Å². The molecule has 0 saturated carbocycles. The first kappa shape index (κ1) is 14.6. The van der Waals surface area contributed by atoms with Crippen molar-refractivity contribution in [2.75, 3.05) is 6.54 Å². The fraction of sp³-hybridized carbons (Fsp3) is 0.222. The van der Waals surface area contributed by atoms with E-state index in [0.29, 0.717) is 0 Å². The second-order valence-electron chi connectivity index (χ2n) is 5.28. The zero-order chi connectivity index (χ0) is 14.7. The van der Waals surface area contributed by atoms with E-state index in [-0.39, 0.29) is 0 Å². The van der Waals surface area contributed by atoms with Crippen LogP contribution in [0.5, 0.6) is 0 Å². The van der Waals surface area contributed by atoms with Gasteiger partial charge >= 0.3 is 0 Å². The van der Waals surface area contributed by atoms with Crippen LogP contribution in [0.4, 0.5) is 0 Å². The highest BCUT2D eigenvalue weighted by atomic mass is 127. The maximum absolute atomic E-state index is 5.64. The summed E-state index contributed by atoms with van der Waals surface area (Å²) in [7, 11) is 0. The van der Waals surface area contributed by atoms with E-state index >= 15 is 0 Å². The Balaban J connectivity index is 2.09. The van der Waals surface area contributed by atoms with E-state index < -0.39 is 0 Å². The van der Waals surface area contributed by atoms with Gasteiger partial charge in [0.2, 0.25) is 0 Å². The quantitative estimate of drug-likeness (QED) is 0.481. The van der Waals surface area contributed by atoms with E-state index in [9.17, 15) is 0 Å². The van der Waals surface area contributed by atoms with Gasteiger partial charge in [-0.1, -0.05) is 30.3 Å². The van der Waals surface area contributed by atoms with Crippen LogP contribution in [0.25, 0.3) is 22.2 Å². The van der Waals surface area contributed by atoms with Crippen molar-refractivity contribution < 1.29 is 0 Å². The van der Waals surface area contributed by atoms with Crippen LogP contribution in [0, 0.1) is 3.57 Å². The molecule has 0 bridgehead atoms. The molecule has 0 aliphatic carbocycles. The van der Waals surface area contributed by atoms with Gasteiger partial charge in [-0.05, 0) is 77.7 Å². The zero-order valence-electron chi connectivity index (χ0n) is 11.9. The number of nitrogens with one attached hydrogen (secondary N) is 1. The van der Waals surface area contributed by atoms with Crippen molar-refractivity contribution in [3.63, 3.8) is 0 Å². The van der Waals surface area contributed by atoms with Crippen LogP contribution in [0.3, 0.4) is 0 Å². The van der Waals surface area contributed by atoms with Crippen molar-refractivity contribution in [2.24, 2.45) is 5.73 Å². The minimum atomic E-state index is 0.765. The second-order valence-corrected chi connectivity index (χ2v) is 6.53. The maximum Gasteiger partial charge on any atom is 0.0497 e. The van der Waals surface area contributed by atoms with E-state index in [4.69, 9.17) is 5.73 Å². The molecule has 3 aromatic rings. The van der Waals surface area contributed by atoms with Gasteiger partial charge in [0.15, 0.2) is 0 Å². The number of halogens is 1. The van der Waals surface area contributed by atoms with Crippen LogP contribution in [0.1, 0.15) is 18.4 Å². The first-order chi connectivity index (χ1) is 10.3. The number of para-hydroxylation sites is 1. The summed E-state index contributed by atoms with van der Waals surface area (Å²) in [5, 5.41) is 1.34. The minimum Gasteiger partial charge on any atom is -0.354 e. The van der Waals surface area contributed by atoms with Crippen molar-refractivity contribution in [3.8, 4) is 11.3 Å². The Bertz CT molecular complexity index is 746. The zero-order valence-corrected chi connectivity index (χ0v) is 14.1. The third-order valence-electron chi connectivity index (χ3n) is 3.81. The molecule has 108 valence electrons. The van der Waals surface area contributed by atoms with Gasteiger partial charge in [-0.25, -0.2) is 0 Å². The number of nitrogens with two attached hydrogens (primary N) is 1. The average Bonchev–Trinajstić information content (AvgIpc) is 2.87. The first-order valence-electron chi connectivity index (χ1n) is 7.35. The summed E-state index contributed by atoms with van der Waals surface area (Å²) in [5.41, 5.74) is 10.8. The van der Waals surface area contributed by atoms with Crippen LogP contribution in [0.2, 0.25) is 0 Å². The lowest BCUT2D eigenvalue weighted by atomic mass is 10.0. The number of H-pyrrole nitrogens is 1. The SMILES string of the molecule is NCCCCc1c(-c2cccc(I)c2)[nH]c2ccccc12. The van der Waals surface area contributed by atoms with Crippen molar-refractivity contribution in [3.05, 3.63) is 57.7 Å². The first-order valence-corrected chi connectivity index (χ1v) is 8.43. The Hall–Kier alpha value is -1.33. The molecule has 0 fully saturated rings. The number of unbranched alkanes of at least 4 members (excludes halogenated alkanes) is 1. The van der Waals surface area contributed by atoms with E-state index in [2.05, 4.69) is 76.1 Å². The molecule has 1 aromatic heterocycles. The molecule has 0 spiro atoms. The molecule has 3 rings (SSSR count). The van der Waals surface area contributed by atoms with E-state index in [0.717, 1.165) is 25.8 Å². The lowest BCUT2D eigenvalue weighted by molar-refractivity contribution is 0.748. The fourth-order valence-electron chi connectivity index (χ4n) is 2.80. The molecule has 2 aromatic carbocycles. The molecule has 0 atom stereocenters. The molecule has 1 heterocycles. The summed E-state index contributed by atoms with van der Waals surface area (Å²) in [6.45, 7) is 0.765. The largest absolute Gasteiger partial charge is 0.354 e. The lowest BCUT2D eigenvalue weighted by Crippen LogP contribution is -1.99. The van der Waals surface area contributed by atoms with Gasteiger partial charge in [0.1, 0.15) is 0 Å². The number of hydrogen-bond acceptors (Lipinski definition) is 1. The predicted molar refractivity (Wildman–Crippen MR) is 98.4 cm³/mol. The van der Waals surface area contributed by atoms with Gasteiger partial charge in [0.25, 0.3) is 0 Å². The Morgan fingerprint density at radius 1 is 1.00 bits per heavy atom. The van der Waals surface area contributed by atoms with Gasteiger partial charge < -0.3 is 10.7 Å². The van der Waals surface area contributed by atoms with Gasteiger partial charge in [-0.2, -0.15) is 0 Å². The van der Waals surface area contributed by atoms with Crippen LogP contribution in [-0.2, 0) is 6.42 Å². The summed E-state index contributed by atoms with van der Waals surface area (Å²) in [5.74, 6) is 0. The second kappa shape index (κ2) is 6.62. The molecule has 0 unspecified atom stereocenters. The van der Waals surface area contributed by atoms with Crippen molar-refractivity contribution in [1.29, 1.82) is 0 Å². The highest BCUT2D eigenvalue weighted by molar-refractivity contribution is 14.1. The molecule has 21 heavy (non-hydrogen) atoms. The summed E-state index contributed by atoms with van der Waals surface area (Å²) in [6, 6.07) is 17.2. The van der Waals surface area contributed by atoms with Crippen molar-refractivity contribution >= 4 is 33.5 Å². The van der Waals surface area contributed by atoms with Crippen LogP contribution in [0.15, 0.2) is 48.5 Å². The van der Waals surface area contributed by atoms with Gasteiger partial charge in [-0.3, -0.25) is 0 Å². The van der Waals surface area contributed by atoms with Gasteiger partial charge in [-0.15, -0.1) is 0 Å². The monoisotopic (exact) mass is 390 g/mol. The fourth-order valence-corrected chi connectivity index (χ4v) is 3.34. The molecule has 3 heteroatoms. The molecule has 0 radical (unpaired) electrons. The van der Waals surface area contributed by atoms with Gasteiger partial charge in [0.05, 0.1) is 0 Å². The smallest absolute Gasteiger partial charge is 0.0497 e. The highest BCUT2D eigenvalue weighted by Gasteiger charge is 2.12. The molecule has 2 nitrogen and oxygen atoms in total. The number of fused-ring (bicyclic) bond motifs is 1. The molecular weight excluding hydrogens is 371 g/mol. The molecule has 0 amide bonds. The minimum absolute atomic E-state index is 0.765. The average molecular weight is 390 g/mol. The Morgan fingerprint density at radius 3 is 2.67 bits per heavy atom. The summed E-state index contributed by atoms with van der Waals surface area (Å²) >= 11 is 2.37. The maximum atomic E-state index is 5.64. The summed E-state index contributed by atoms with van der Waals surface area (Å²) in [4.78, 5) is 3.60. The molecule has 0 saturated heterocycles. The Kier molecular flexibility index (Phi) is 4.60. The Labute approximate surface area is 138 Å². The van der Waals surface area contributed by atoms with E-state index in [1.54, 1.807) is 0 Å². The Morgan fingerprint density at radius 2 is 1.86 bits per heavy atom. The number of aryl methyl sites for hydroxylation is 1.